The van der Waals surface area contributed by atoms with Crippen molar-refractivity contribution < 1.29 is 13.9 Å². The number of halogens is 1. The van der Waals surface area contributed by atoms with E-state index in [4.69, 9.17) is 9.47 Å². The van der Waals surface area contributed by atoms with Crippen LogP contribution in [0.3, 0.4) is 0 Å². The second-order valence-corrected chi connectivity index (χ2v) is 13.3. The fourth-order valence-electron chi connectivity index (χ4n) is 4.70. The van der Waals surface area contributed by atoms with E-state index in [1.165, 1.54) is 5.56 Å². The second-order valence-electron chi connectivity index (χ2n) is 8.78. The molecule has 1 heterocycles. The summed E-state index contributed by atoms with van der Waals surface area (Å²) in [6, 6.07) is 10.5. The van der Waals surface area contributed by atoms with E-state index in [0.29, 0.717) is 19.6 Å². The van der Waals surface area contributed by atoms with Crippen LogP contribution >= 0.6 is 0 Å². The molecule has 0 spiro atoms. The third-order valence-electron chi connectivity index (χ3n) is 6.17. The standard InChI is InChI=1S/C25H39FNO2.In.2H/c1-5-11-24(28-6-2)25(29-7-3)15-14-23(26)22-16-17-27(4)19-21(22)18-20-12-9-8-10-13-20;;;/h8-10,12-13,16,21,24-25H,5-7,11,14-15,17-19H2,1-4H3;;;. The van der Waals surface area contributed by atoms with Crippen LogP contribution < -0.4 is 0 Å². The molecule has 1 aliphatic heterocycles. The third kappa shape index (κ3) is 7.96. The average Bonchev–Trinajstić information content (AvgIpc) is 2.72. The molecule has 0 saturated carbocycles. The molecule has 0 N–H and O–H groups in total. The van der Waals surface area contributed by atoms with Crippen molar-refractivity contribution in [2.75, 3.05) is 33.4 Å². The third-order valence-corrected chi connectivity index (χ3v) is 9.24. The van der Waals surface area contributed by atoms with Crippen LogP contribution in [0, 0.1) is 5.92 Å². The van der Waals surface area contributed by atoms with Gasteiger partial charge in [-0.2, -0.15) is 0 Å². The van der Waals surface area contributed by atoms with Gasteiger partial charge >= 0.3 is 198 Å². The summed E-state index contributed by atoms with van der Waals surface area (Å²) in [5, 5.41) is 0. The molecule has 0 radical (unpaired) electrons. The van der Waals surface area contributed by atoms with Crippen molar-refractivity contribution in [3.63, 3.8) is 0 Å². The Morgan fingerprint density at radius 2 is 1.73 bits per heavy atom. The number of likely N-dealkylation sites (N-methyl/N-ethyl adjacent to an activating group) is 1. The SMILES string of the molecule is CCCC(OCC)C(CC[C](F)([InH2])C1=CCN(C)CC1Cc1ccccc1)OCC. The molecule has 0 aromatic heterocycles. The van der Waals surface area contributed by atoms with E-state index >= 15 is 4.39 Å². The molecule has 4 atom stereocenters. The molecule has 3 nitrogen and oxygen atoms in total. The first kappa shape index (κ1) is 25.9. The van der Waals surface area contributed by atoms with Gasteiger partial charge in [-0.3, -0.25) is 0 Å². The second kappa shape index (κ2) is 13.2. The van der Waals surface area contributed by atoms with Crippen molar-refractivity contribution in [3.8, 4) is 0 Å². The predicted octanol–water partition coefficient (Wildman–Crippen LogP) is 4.41. The van der Waals surface area contributed by atoms with E-state index in [0.717, 1.165) is 44.3 Å². The van der Waals surface area contributed by atoms with Gasteiger partial charge in [0.1, 0.15) is 0 Å². The molecule has 2 rings (SSSR count). The van der Waals surface area contributed by atoms with Gasteiger partial charge in [0.2, 0.25) is 0 Å². The van der Waals surface area contributed by atoms with Crippen LogP contribution in [-0.4, -0.2) is 78.3 Å². The summed E-state index contributed by atoms with van der Waals surface area (Å²) in [6.07, 6.45) is 6.44. The van der Waals surface area contributed by atoms with Gasteiger partial charge < -0.3 is 0 Å². The summed E-state index contributed by atoms with van der Waals surface area (Å²) in [5.41, 5.74) is 2.35. The Labute approximate surface area is 198 Å². The van der Waals surface area contributed by atoms with Crippen molar-refractivity contribution in [1.29, 1.82) is 0 Å². The Bertz CT molecular complexity index is 631. The maximum absolute atomic E-state index is 16.2. The number of hydrogen-bond donors (Lipinski definition) is 0. The first-order valence-corrected chi connectivity index (χ1v) is 14.6. The molecular formula is C25H41FInNO2. The minimum atomic E-state index is -1.12. The molecule has 0 aliphatic carbocycles. The number of hydrogen-bond acceptors (Lipinski definition) is 3. The fourth-order valence-corrected chi connectivity index (χ4v) is 7.28. The number of benzene rings is 1. The van der Waals surface area contributed by atoms with E-state index < -0.39 is 3.43 Å². The van der Waals surface area contributed by atoms with Gasteiger partial charge in [-0.05, 0) is 0 Å². The summed E-state index contributed by atoms with van der Waals surface area (Å²) in [4.78, 5) is 2.30. The van der Waals surface area contributed by atoms with Crippen LogP contribution in [0.4, 0.5) is 4.39 Å². The van der Waals surface area contributed by atoms with Gasteiger partial charge in [0.05, 0.1) is 0 Å². The van der Waals surface area contributed by atoms with Crippen LogP contribution in [0.2, 0.25) is 0 Å². The van der Waals surface area contributed by atoms with Gasteiger partial charge in [-0.1, -0.05) is 0 Å². The Balaban J connectivity index is 2.11. The summed E-state index contributed by atoms with van der Waals surface area (Å²) in [6.45, 7) is 9.31. The van der Waals surface area contributed by atoms with E-state index in [-0.39, 0.29) is 42.5 Å². The molecular weight excluding hydrogens is 480 g/mol. The maximum atomic E-state index is 16.2. The first-order chi connectivity index (χ1) is 14.4. The molecule has 30 heavy (non-hydrogen) atoms. The zero-order valence-corrected chi connectivity index (χ0v) is 25.4. The Morgan fingerprint density at radius 1 is 1.10 bits per heavy atom. The zero-order valence-electron chi connectivity index (χ0n) is 19.7. The molecule has 0 saturated heterocycles. The van der Waals surface area contributed by atoms with E-state index in [9.17, 15) is 0 Å². The summed E-state index contributed by atoms with van der Waals surface area (Å²) in [7, 11) is 2.13. The monoisotopic (exact) mass is 521 g/mol. The van der Waals surface area contributed by atoms with Gasteiger partial charge in [-0.15, -0.1) is 0 Å². The van der Waals surface area contributed by atoms with Crippen molar-refractivity contribution in [2.24, 2.45) is 5.92 Å². The summed E-state index contributed by atoms with van der Waals surface area (Å²) >= 11 is -0.150. The molecule has 1 aromatic rings. The van der Waals surface area contributed by atoms with Crippen molar-refractivity contribution in [1.82, 2.24) is 4.90 Å². The molecule has 5 heteroatoms. The van der Waals surface area contributed by atoms with Gasteiger partial charge in [0, 0.05) is 0 Å². The molecule has 168 valence electrons. The van der Waals surface area contributed by atoms with E-state index in [1.807, 2.05) is 19.9 Å². The number of nitrogens with zero attached hydrogens (tertiary/aromatic N) is 1. The Morgan fingerprint density at radius 3 is 2.33 bits per heavy atom. The fraction of sp³-hybridized carbons (Fsp3) is 0.680. The van der Waals surface area contributed by atoms with Crippen LogP contribution in [-0.2, 0) is 15.9 Å². The first-order valence-electron chi connectivity index (χ1n) is 11.8. The number of alkyl halides is 1. The van der Waals surface area contributed by atoms with Gasteiger partial charge in [-0.25, -0.2) is 0 Å². The van der Waals surface area contributed by atoms with Crippen LogP contribution in [0.15, 0.2) is 42.0 Å². The molecule has 0 fully saturated rings. The zero-order chi connectivity index (χ0) is 22.0. The minimum absolute atomic E-state index is 0.0179. The van der Waals surface area contributed by atoms with Crippen LogP contribution in [0.5, 0.6) is 0 Å². The molecule has 1 aliphatic rings. The summed E-state index contributed by atoms with van der Waals surface area (Å²) in [5.74, 6) is 0.252. The van der Waals surface area contributed by atoms with Crippen LogP contribution in [0.1, 0.15) is 52.0 Å². The van der Waals surface area contributed by atoms with Crippen molar-refractivity contribution >= 4 is 24.4 Å². The average molecular weight is 521 g/mol. The molecule has 0 bridgehead atoms. The predicted molar refractivity (Wildman–Crippen MR) is 127 cm³/mol. The van der Waals surface area contributed by atoms with Crippen molar-refractivity contribution in [3.05, 3.63) is 47.5 Å². The van der Waals surface area contributed by atoms with Crippen molar-refractivity contribution in [2.45, 2.75) is 68.5 Å². The Kier molecular flexibility index (Phi) is 11.4. The summed E-state index contributed by atoms with van der Waals surface area (Å²) < 4.78 is 27.1. The number of ether oxygens (including phenoxy) is 2. The Hall–Kier alpha value is -0.360. The quantitative estimate of drug-likeness (QED) is 0.359. The topological polar surface area (TPSA) is 21.7 Å². The molecule has 4 unspecified atom stereocenters. The van der Waals surface area contributed by atoms with Crippen LogP contribution in [0.25, 0.3) is 0 Å². The van der Waals surface area contributed by atoms with E-state index in [2.05, 4.69) is 49.2 Å². The normalized spacial score (nSPS) is 21.6. The van der Waals surface area contributed by atoms with Gasteiger partial charge in [0.25, 0.3) is 0 Å². The van der Waals surface area contributed by atoms with Gasteiger partial charge in [0.15, 0.2) is 0 Å². The van der Waals surface area contributed by atoms with E-state index in [1.54, 1.807) is 0 Å². The number of rotatable bonds is 13. The molecule has 0 amide bonds. The molecule has 1 aromatic carbocycles.